The zero-order valence-corrected chi connectivity index (χ0v) is 26.8. The highest BCUT2D eigenvalue weighted by Gasteiger charge is 2.35. The van der Waals surface area contributed by atoms with Crippen molar-refractivity contribution in [3.05, 3.63) is 72.6 Å². The third-order valence-electron chi connectivity index (χ3n) is 8.55. The fraction of sp³-hybridized carbons (Fsp3) is 0.452. The number of quaternary nitrogens is 1. The summed E-state index contributed by atoms with van der Waals surface area (Å²) < 4.78 is 34.3. The van der Waals surface area contributed by atoms with E-state index >= 15 is 0 Å². The molecule has 2 fully saturated rings. The summed E-state index contributed by atoms with van der Waals surface area (Å²) >= 11 is 0. The summed E-state index contributed by atoms with van der Waals surface area (Å²) in [5, 5.41) is 0. The normalized spacial score (nSPS) is 16.7. The Morgan fingerprint density at radius 3 is 2.20 bits per heavy atom. The van der Waals surface area contributed by atoms with Crippen molar-refractivity contribution in [1.82, 2.24) is 14.9 Å². The molecule has 0 saturated carbocycles. The van der Waals surface area contributed by atoms with Crippen molar-refractivity contribution in [2.75, 3.05) is 87.5 Å². The van der Waals surface area contributed by atoms with Gasteiger partial charge in [-0.1, -0.05) is 12.1 Å². The predicted molar refractivity (Wildman–Crippen MR) is 167 cm³/mol. The van der Waals surface area contributed by atoms with Crippen molar-refractivity contribution in [3.8, 4) is 0 Å². The van der Waals surface area contributed by atoms with Gasteiger partial charge in [-0.15, -0.1) is 0 Å². The summed E-state index contributed by atoms with van der Waals surface area (Å²) in [4.78, 5) is 25.6. The average Bonchev–Trinajstić information content (AvgIpc) is 3.02. The molecule has 1 spiro atoms. The molecule has 238 valence electrons. The lowest BCUT2D eigenvalue weighted by Gasteiger charge is -2.49. The second kappa shape index (κ2) is 15.0. The molecule has 5 rings (SSSR count). The number of likely N-dealkylation sites (N-methyl/N-ethyl adjacent to an activating group) is 1. The van der Waals surface area contributed by atoms with E-state index in [-0.39, 0.29) is 48.8 Å². The van der Waals surface area contributed by atoms with Gasteiger partial charge in [-0.2, -0.15) is 0 Å². The number of sulfonamides is 1. The van der Waals surface area contributed by atoms with Gasteiger partial charge in [0, 0.05) is 43.3 Å². The quantitative estimate of drug-likeness (QED) is 0.166. The number of esters is 1. The first kappa shape index (κ1) is 33.4. The van der Waals surface area contributed by atoms with Gasteiger partial charge >= 0.3 is 5.97 Å². The van der Waals surface area contributed by atoms with E-state index < -0.39 is 10.0 Å². The fourth-order valence-corrected chi connectivity index (χ4v) is 7.08. The number of hydrogen-bond acceptors (Lipinski definition) is 9. The molecule has 0 unspecified atom stereocenters. The molecule has 1 aromatic heterocycles. The number of carbonyl (C=O) groups is 1. The fourth-order valence-electron chi connectivity index (χ4n) is 5.72. The molecule has 44 heavy (non-hydrogen) atoms. The zero-order valence-electron chi connectivity index (χ0n) is 25.2. The summed E-state index contributed by atoms with van der Waals surface area (Å²) in [5.41, 5.74) is 8.61. The number of anilines is 3. The Bertz CT molecular complexity index is 1440. The number of nitrogens with two attached hydrogens (primary N) is 1. The Hall–Kier alpha value is -3.45. The van der Waals surface area contributed by atoms with Crippen molar-refractivity contribution in [3.63, 3.8) is 0 Å². The van der Waals surface area contributed by atoms with Crippen LogP contribution in [0.2, 0.25) is 0 Å². The number of aryl methyl sites for hydroxylation is 1. The van der Waals surface area contributed by atoms with Crippen molar-refractivity contribution in [2.24, 2.45) is 0 Å². The highest BCUT2D eigenvalue weighted by Crippen LogP contribution is 2.23. The number of hydrogen-bond donors (Lipinski definition) is 1. The van der Waals surface area contributed by atoms with E-state index in [9.17, 15) is 13.2 Å². The van der Waals surface area contributed by atoms with Crippen LogP contribution in [0.15, 0.2) is 71.9 Å². The Balaban J connectivity index is 0.00000442. The van der Waals surface area contributed by atoms with Crippen LogP contribution in [0.1, 0.15) is 18.4 Å². The Morgan fingerprint density at radius 1 is 0.955 bits per heavy atom. The van der Waals surface area contributed by atoms with Gasteiger partial charge < -0.3 is 32.3 Å². The smallest absolute Gasteiger partial charge is 0.305 e. The van der Waals surface area contributed by atoms with Crippen molar-refractivity contribution in [1.29, 1.82) is 0 Å². The minimum Gasteiger partial charge on any atom is -1.00 e. The van der Waals surface area contributed by atoms with E-state index in [1.807, 2.05) is 0 Å². The second-order valence-corrected chi connectivity index (χ2v) is 13.3. The van der Waals surface area contributed by atoms with Crippen LogP contribution in [0.4, 0.5) is 17.3 Å². The highest BCUT2D eigenvalue weighted by molar-refractivity contribution is 7.92. The van der Waals surface area contributed by atoms with Crippen molar-refractivity contribution in [2.45, 2.75) is 24.2 Å². The number of piperazine rings is 2. The van der Waals surface area contributed by atoms with Gasteiger partial charge in [-0.3, -0.25) is 9.69 Å². The van der Waals surface area contributed by atoms with Crippen LogP contribution in [0.3, 0.4) is 0 Å². The van der Waals surface area contributed by atoms with Crippen LogP contribution in [0, 0.1) is 0 Å². The number of carbonyl (C=O) groups excluding carboxylic acids is 1. The van der Waals surface area contributed by atoms with Gasteiger partial charge in [0.2, 0.25) is 5.95 Å². The summed E-state index contributed by atoms with van der Waals surface area (Å²) in [6, 6.07) is 16.2. The molecule has 0 bridgehead atoms. The maximum absolute atomic E-state index is 13.3. The van der Waals surface area contributed by atoms with Gasteiger partial charge in [0.1, 0.15) is 6.61 Å². The Kier molecular flexibility index (Phi) is 11.4. The lowest BCUT2D eigenvalue weighted by molar-refractivity contribution is -0.932. The topological polar surface area (TPSA) is 122 Å². The van der Waals surface area contributed by atoms with Crippen LogP contribution >= 0.6 is 0 Å². The molecular formula is C31H42ClN7O4S. The third kappa shape index (κ3) is 8.38. The molecule has 0 aliphatic carbocycles. The van der Waals surface area contributed by atoms with Crippen molar-refractivity contribution < 1.29 is 34.8 Å². The molecule has 2 aliphatic rings. The molecule has 3 heterocycles. The number of aromatic nitrogens is 2. The van der Waals surface area contributed by atoms with E-state index in [0.717, 1.165) is 23.8 Å². The number of halogens is 1. The zero-order chi connectivity index (χ0) is 30.3. The van der Waals surface area contributed by atoms with Crippen LogP contribution < -0.4 is 27.3 Å². The Labute approximate surface area is 266 Å². The van der Waals surface area contributed by atoms with Crippen LogP contribution in [0.5, 0.6) is 0 Å². The number of ether oxygens (including phenoxy) is 1. The first-order valence-electron chi connectivity index (χ1n) is 14.9. The van der Waals surface area contributed by atoms with E-state index in [1.165, 1.54) is 91.7 Å². The molecule has 11 nitrogen and oxygen atoms in total. The summed E-state index contributed by atoms with van der Waals surface area (Å²) in [6.07, 6.45) is 4.58. The summed E-state index contributed by atoms with van der Waals surface area (Å²) in [6.45, 7) is 9.26. The molecule has 0 atom stereocenters. The van der Waals surface area contributed by atoms with Gasteiger partial charge in [-0.05, 0) is 67.9 Å². The molecular weight excluding hydrogens is 602 g/mol. The standard InChI is InChI=1S/C31H42N7O4S.ClH/c1-35-16-21-38(22-17-35)23-18-36(19-24-38)28-10-6-26(7-11-28)4-2-5-30(39)42-25-20-37(31-33-14-3-15-34-31)43(40,41)29-12-8-27(32)9-13-29;/h3,6-15H,2,4-5,16-25,32H2,1H3;1H/q+1;/p-1. The first-order valence-corrected chi connectivity index (χ1v) is 16.4. The van der Waals surface area contributed by atoms with Crippen molar-refractivity contribution >= 4 is 33.3 Å². The van der Waals surface area contributed by atoms with Gasteiger partial charge in [0.25, 0.3) is 10.0 Å². The number of nitrogen functional groups attached to an aromatic ring is 1. The van der Waals surface area contributed by atoms with Crippen LogP contribution in [-0.2, 0) is 26.0 Å². The largest absolute Gasteiger partial charge is 1.00 e. The number of nitrogens with zero attached hydrogens (tertiary/aromatic N) is 6. The molecule has 0 radical (unpaired) electrons. The van der Waals surface area contributed by atoms with Crippen LogP contribution in [-0.4, -0.2) is 106 Å². The maximum Gasteiger partial charge on any atom is 0.305 e. The van der Waals surface area contributed by atoms with E-state index in [0.29, 0.717) is 12.1 Å². The van der Waals surface area contributed by atoms with Gasteiger partial charge in [0.05, 0.1) is 50.7 Å². The lowest BCUT2D eigenvalue weighted by Crippen LogP contribution is -3.00. The molecule has 13 heteroatoms. The van der Waals surface area contributed by atoms with Gasteiger partial charge in [-0.25, -0.2) is 22.7 Å². The predicted octanol–water partition coefficient (Wildman–Crippen LogP) is -0.594. The minimum absolute atomic E-state index is 0. The monoisotopic (exact) mass is 643 g/mol. The summed E-state index contributed by atoms with van der Waals surface area (Å²) in [7, 11) is -1.77. The third-order valence-corrected chi connectivity index (χ3v) is 10.3. The Morgan fingerprint density at radius 2 is 1.57 bits per heavy atom. The molecule has 2 aliphatic heterocycles. The summed E-state index contributed by atoms with van der Waals surface area (Å²) in [5.74, 6) is -0.367. The van der Waals surface area contributed by atoms with Crippen LogP contribution in [0.25, 0.3) is 0 Å². The molecule has 0 amide bonds. The lowest BCUT2D eigenvalue weighted by atomic mass is 10.1. The number of benzene rings is 2. The number of rotatable bonds is 11. The molecule has 3 aromatic rings. The average molecular weight is 644 g/mol. The van der Waals surface area contributed by atoms with E-state index in [4.69, 9.17) is 10.5 Å². The van der Waals surface area contributed by atoms with Gasteiger partial charge in [0.15, 0.2) is 0 Å². The maximum atomic E-state index is 13.3. The highest BCUT2D eigenvalue weighted by atomic mass is 35.5. The SMILES string of the molecule is CN1CC[N+]2(CC1)CCN(c1ccc(CCCC(=O)OCCN(c3ncccn3)S(=O)(=O)c3ccc(N)cc3)cc1)CC2.[Cl-]. The molecule has 2 N–H and O–H groups in total. The molecule has 2 saturated heterocycles. The van der Waals surface area contributed by atoms with E-state index in [1.54, 1.807) is 6.07 Å². The first-order chi connectivity index (χ1) is 20.7. The second-order valence-electron chi connectivity index (χ2n) is 11.5. The molecule has 2 aromatic carbocycles. The minimum atomic E-state index is -3.99. The van der Waals surface area contributed by atoms with E-state index in [2.05, 4.69) is 51.1 Å².